The predicted octanol–water partition coefficient (Wildman–Crippen LogP) is 13.0. The molecule has 1 unspecified atom stereocenters. The van der Waals surface area contributed by atoms with Gasteiger partial charge in [0, 0.05) is 22.4 Å². The van der Waals surface area contributed by atoms with E-state index in [1.54, 1.807) is 0 Å². The highest BCUT2D eigenvalue weighted by Gasteiger charge is 2.42. The van der Waals surface area contributed by atoms with E-state index in [1.165, 1.54) is 66.5 Å². The molecule has 0 amide bonds. The van der Waals surface area contributed by atoms with Crippen LogP contribution in [0.25, 0.3) is 44.2 Å². The van der Waals surface area contributed by atoms with Crippen LogP contribution in [0.5, 0.6) is 0 Å². The maximum absolute atomic E-state index is 2.45. The van der Waals surface area contributed by atoms with E-state index in [2.05, 4.69) is 206 Å². The van der Waals surface area contributed by atoms with Gasteiger partial charge in [-0.25, -0.2) is 0 Å². The van der Waals surface area contributed by atoms with Crippen LogP contribution in [0.3, 0.4) is 0 Å². The van der Waals surface area contributed by atoms with Crippen LogP contribution in [0.15, 0.2) is 194 Å². The summed E-state index contributed by atoms with van der Waals surface area (Å²) < 4.78 is 0. The lowest BCUT2D eigenvalue weighted by atomic mass is 9.74. The van der Waals surface area contributed by atoms with Gasteiger partial charge in [-0.2, -0.15) is 0 Å². The summed E-state index contributed by atoms with van der Waals surface area (Å²) in [5, 5.41) is 2.46. The Bertz CT molecular complexity index is 2440. The van der Waals surface area contributed by atoms with Gasteiger partial charge in [0.25, 0.3) is 0 Å². The van der Waals surface area contributed by atoms with E-state index in [0.29, 0.717) is 0 Å². The minimum Gasteiger partial charge on any atom is -0.310 e. The van der Waals surface area contributed by atoms with Crippen LogP contribution in [0.1, 0.15) is 23.6 Å². The molecule has 1 atom stereocenters. The molecule has 0 spiro atoms. The first-order valence-electron chi connectivity index (χ1n) is 17.0. The van der Waals surface area contributed by atoms with Crippen LogP contribution in [0.4, 0.5) is 17.1 Å². The Hall–Kier alpha value is -6.18. The summed E-state index contributed by atoms with van der Waals surface area (Å²) in [6.45, 7) is 2.39. The van der Waals surface area contributed by atoms with Gasteiger partial charge in [0.15, 0.2) is 0 Å². The Morgan fingerprint density at radius 1 is 0.388 bits per heavy atom. The average Bonchev–Trinajstić information content (AvgIpc) is 3.45. The van der Waals surface area contributed by atoms with E-state index in [-0.39, 0.29) is 5.41 Å². The Balaban J connectivity index is 1.25. The van der Waals surface area contributed by atoms with Crippen LogP contribution in [0.2, 0.25) is 0 Å². The Morgan fingerprint density at radius 3 is 1.67 bits per heavy atom. The fourth-order valence-electron chi connectivity index (χ4n) is 7.93. The molecule has 0 N–H and O–H groups in total. The maximum atomic E-state index is 2.45. The molecule has 9 rings (SSSR count). The van der Waals surface area contributed by atoms with Gasteiger partial charge in [-0.15, -0.1) is 0 Å². The van der Waals surface area contributed by atoms with Gasteiger partial charge in [-0.05, 0) is 92.5 Å². The van der Waals surface area contributed by atoms with Gasteiger partial charge in [0.2, 0.25) is 0 Å². The molecule has 0 radical (unpaired) electrons. The molecule has 8 aromatic carbocycles. The molecule has 0 aromatic heterocycles. The quantitative estimate of drug-likeness (QED) is 0.178. The summed E-state index contributed by atoms with van der Waals surface area (Å²) >= 11 is 0. The Kier molecular flexibility index (Phi) is 6.99. The van der Waals surface area contributed by atoms with Crippen LogP contribution in [-0.2, 0) is 5.41 Å². The molecule has 8 aromatic rings. The van der Waals surface area contributed by atoms with Crippen LogP contribution in [-0.4, -0.2) is 0 Å². The molecule has 0 aliphatic heterocycles. The lowest BCUT2D eigenvalue weighted by molar-refractivity contribution is 0.714. The monoisotopic (exact) mass is 625 g/mol. The first-order valence-corrected chi connectivity index (χ1v) is 17.0. The van der Waals surface area contributed by atoms with Crippen molar-refractivity contribution in [3.63, 3.8) is 0 Å². The summed E-state index contributed by atoms with van der Waals surface area (Å²) in [5.41, 5.74) is 14.6. The molecule has 1 heteroatoms. The SMILES string of the molecule is CC1(c2ccccc2)c2ccccc2-c2c(N(c3ccc(-c4ccccc4-c4ccccc4)cc3)c3ccc4ccccc4c3)cccc21. The number of rotatable bonds is 6. The molecule has 1 aliphatic rings. The third kappa shape index (κ3) is 4.78. The van der Waals surface area contributed by atoms with Gasteiger partial charge >= 0.3 is 0 Å². The van der Waals surface area contributed by atoms with Crippen molar-refractivity contribution < 1.29 is 0 Å². The van der Waals surface area contributed by atoms with Crippen molar-refractivity contribution in [3.8, 4) is 33.4 Å². The van der Waals surface area contributed by atoms with Gasteiger partial charge in [0.1, 0.15) is 0 Å². The molecular weight excluding hydrogens is 591 g/mol. The highest BCUT2D eigenvalue weighted by molar-refractivity contribution is 5.98. The number of nitrogens with zero attached hydrogens (tertiary/aromatic N) is 1. The van der Waals surface area contributed by atoms with E-state index in [1.807, 2.05) is 0 Å². The Morgan fingerprint density at radius 2 is 0.939 bits per heavy atom. The smallest absolute Gasteiger partial charge is 0.0543 e. The maximum Gasteiger partial charge on any atom is 0.0543 e. The number of hydrogen-bond acceptors (Lipinski definition) is 1. The van der Waals surface area contributed by atoms with Crippen molar-refractivity contribution in [2.45, 2.75) is 12.3 Å². The second kappa shape index (κ2) is 11.8. The zero-order chi connectivity index (χ0) is 32.8. The zero-order valence-corrected chi connectivity index (χ0v) is 27.4. The molecule has 1 nitrogen and oxygen atoms in total. The fourth-order valence-corrected chi connectivity index (χ4v) is 7.93. The highest BCUT2D eigenvalue weighted by Crippen LogP contribution is 2.56. The van der Waals surface area contributed by atoms with Gasteiger partial charge in [0.05, 0.1) is 5.69 Å². The summed E-state index contributed by atoms with van der Waals surface area (Å²) in [6.07, 6.45) is 0. The minimum atomic E-state index is -0.275. The molecular formula is C48H35N. The molecule has 0 saturated heterocycles. The summed E-state index contributed by atoms with van der Waals surface area (Å²) in [5.74, 6) is 0. The highest BCUT2D eigenvalue weighted by atomic mass is 15.1. The van der Waals surface area contributed by atoms with Crippen LogP contribution in [0, 0.1) is 0 Å². The standard InChI is InChI=1S/C48H35N/c1-48(38-19-6-3-7-20-38)44-24-13-12-23-43(44)47-45(48)25-14-26-46(47)49(40-32-27-34-15-8-9-18-37(34)33-40)39-30-28-36(29-31-39)42-22-11-10-21-41(42)35-16-4-2-5-17-35/h2-33H,1H3. The summed E-state index contributed by atoms with van der Waals surface area (Å²) in [7, 11) is 0. The van der Waals surface area contributed by atoms with Crippen molar-refractivity contribution in [2.75, 3.05) is 4.90 Å². The number of benzene rings is 8. The summed E-state index contributed by atoms with van der Waals surface area (Å²) in [6, 6.07) is 70.7. The summed E-state index contributed by atoms with van der Waals surface area (Å²) in [4.78, 5) is 2.45. The van der Waals surface area contributed by atoms with Crippen molar-refractivity contribution >= 4 is 27.8 Å². The van der Waals surface area contributed by atoms with E-state index in [0.717, 1.165) is 11.4 Å². The average molecular weight is 626 g/mol. The van der Waals surface area contributed by atoms with Crippen molar-refractivity contribution in [1.82, 2.24) is 0 Å². The predicted molar refractivity (Wildman–Crippen MR) is 207 cm³/mol. The zero-order valence-electron chi connectivity index (χ0n) is 27.4. The first kappa shape index (κ1) is 29.0. The number of hydrogen-bond donors (Lipinski definition) is 0. The third-order valence-corrected chi connectivity index (χ3v) is 10.3. The van der Waals surface area contributed by atoms with E-state index in [4.69, 9.17) is 0 Å². The van der Waals surface area contributed by atoms with Gasteiger partial charge in [-0.1, -0.05) is 164 Å². The molecule has 0 heterocycles. The number of anilines is 3. The molecule has 49 heavy (non-hydrogen) atoms. The first-order chi connectivity index (χ1) is 24.2. The molecule has 0 saturated carbocycles. The lowest BCUT2D eigenvalue weighted by Crippen LogP contribution is -2.22. The van der Waals surface area contributed by atoms with E-state index < -0.39 is 0 Å². The van der Waals surface area contributed by atoms with Gasteiger partial charge in [-0.3, -0.25) is 0 Å². The van der Waals surface area contributed by atoms with Gasteiger partial charge < -0.3 is 4.90 Å². The second-order valence-corrected chi connectivity index (χ2v) is 13.1. The minimum absolute atomic E-state index is 0.275. The second-order valence-electron chi connectivity index (χ2n) is 13.1. The van der Waals surface area contributed by atoms with E-state index >= 15 is 0 Å². The fraction of sp³-hybridized carbons (Fsp3) is 0.0417. The van der Waals surface area contributed by atoms with Crippen molar-refractivity contribution in [2.24, 2.45) is 0 Å². The number of fused-ring (bicyclic) bond motifs is 4. The van der Waals surface area contributed by atoms with Crippen LogP contribution >= 0.6 is 0 Å². The Labute approximate surface area is 288 Å². The third-order valence-electron chi connectivity index (χ3n) is 10.3. The largest absolute Gasteiger partial charge is 0.310 e. The van der Waals surface area contributed by atoms with E-state index in [9.17, 15) is 0 Å². The van der Waals surface area contributed by atoms with Crippen LogP contribution < -0.4 is 4.90 Å². The van der Waals surface area contributed by atoms with Crippen molar-refractivity contribution in [3.05, 3.63) is 211 Å². The topological polar surface area (TPSA) is 3.24 Å². The molecule has 0 bridgehead atoms. The van der Waals surface area contributed by atoms with Crippen molar-refractivity contribution in [1.29, 1.82) is 0 Å². The lowest BCUT2D eigenvalue weighted by Gasteiger charge is -2.30. The molecule has 1 aliphatic carbocycles. The molecule has 232 valence electrons. The molecule has 0 fully saturated rings. The normalized spacial score (nSPS) is 14.7.